The van der Waals surface area contributed by atoms with Crippen molar-refractivity contribution in [2.75, 3.05) is 0 Å². The van der Waals surface area contributed by atoms with Crippen LogP contribution in [0.15, 0.2) is 30.3 Å². The highest BCUT2D eigenvalue weighted by atomic mass is 14.9. The summed E-state index contributed by atoms with van der Waals surface area (Å²) in [5, 5.41) is 3.38. The Bertz CT molecular complexity index is 228. The van der Waals surface area contributed by atoms with Gasteiger partial charge in [0, 0.05) is 12.1 Å². The topological polar surface area (TPSA) is 12.0 Å². The zero-order valence-corrected chi connectivity index (χ0v) is 8.46. The number of rotatable bonds is 4. The summed E-state index contributed by atoms with van der Waals surface area (Å²) < 4.78 is 0. The Hall–Kier alpha value is -0.820. The first-order valence-corrected chi connectivity index (χ1v) is 4.81. The second-order valence-corrected chi connectivity index (χ2v) is 3.71. The molecule has 71 valence electrons. The fourth-order valence-corrected chi connectivity index (χ4v) is 1.43. The van der Waals surface area contributed by atoms with Crippen LogP contribution in [0.3, 0.4) is 0 Å². The third-order valence-corrected chi connectivity index (χ3v) is 1.89. The van der Waals surface area contributed by atoms with E-state index in [2.05, 4.69) is 50.4 Å². The maximum atomic E-state index is 4.06. The van der Waals surface area contributed by atoms with Gasteiger partial charge >= 0.3 is 0 Å². The normalized spacial score (nSPS) is 13.2. The van der Waals surface area contributed by atoms with Crippen molar-refractivity contribution in [3.63, 3.8) is 0 Å². The Kier molecular flexibility index (Phi) is 3.97. The second kappa shape index (κ2) is 5.03. The lowest BCUT2D eigenvalue weighted by Gasteiger charge is -2.16. The molecule has 0 saturated heterocycles. The Morgan fingerprint density at radius 3 is 2.38 bits per heavy atom. The van der Waals surface area contributed by atoms with Gasteiger partial charge in [-0.15, -0.1) is 0 Å². The predicted octanol–water partition coefficient (Wildman–Crippen LogP) is 2.43. The molecule has 0 aliphatic heterocycles. The van der Waals surface area contributed by atoms with E-state index in [1.165, 1.54) is 5.56 Å². The third-order valence-electron chi connectivity index (χ3n) is 1.89. The molecule has 1 atom stereocenters. The number of benzene rings is 1. The van der Waals surface area contributed by atoms with E-state index in [0.29, 0.717) is 12.1 Å². The molecule has 1 aromatic carbocycles. The Balaban J connectivity index is 2.41. The summed E-state index contributed by atoms with van der Waals surface area (Å²) in [5.41, 5.74) is 1.34. The van der Waals surface area contributed by atoms with Gasteiger partial charge in [-0.25, -0.2) is 0 Å². The monoisotopic (exact) mass is 176 g/mol. The highest BCUT2D eigenvalue weighted by Crippen LogP contribution is 2.02. The fourth-order valence-electron chi connectivity index (χ4n) is 1.43. The lowest BCUT2D eigenvalue weighted by Crippen LogP contribution is -2.34. The fraction of sp³-hybridized carbons (Fsp3) is 0.417. The first-order chi connectivity index (χ1) is 6.18. The van der Waals surface area contributed by atoms with Crippen molar-refractivity contribution in [3.05, 3.63) is 42.8 Å². The number of nitrogens with one attached hydrogen (secondary N) is 1. The van der Waals surface area contributed by atoms with E-state index in [9.17, 15) is 0 Å². The molecular weight excluding hydrogens is 158 g/mol. The Morgan fingerprint density at radius 1 is 1.23 bits per heavy atom. The average molecular weight is 176 g/mol. The van der Waals surface area contributed by atoms with E-state index >= 15 is 0 Å². The van der Waals surface area contributed by atoms with Crippen molar-refractivity contribution in [1.29, 1.82) is 0 Å². The largest absolute Gasteiger partial charge is 0.311 e. The van der Waals surface area contributed by atoms with Gasteiger partial charge in [0.1, 0.15) is 0 Å². The van der Waals surface area contributed by atoms with Gasteiger partial charge in [-0.2, -0.15) is 0 Å². The van der Waals surface area contributed by atoms with Gasteiger partial charge in [-0.3, -0.25) is 0 Å². The summed E-state index contributed by atoms with van der Waals surface area (Å²) >= 11 is 0. The van der Waals surface area contributed by atoms with Gasteiger partial charge in [-0.05, 0) is 18.9 Å². The van der Waals surface area contributed by atoms with E-state index in [-0.39, 0.29) is 0 Å². The minimum atomic E-state index is 0.308. The average Bonchev–Trinajstić information content (AvgIpc) is 2.04. The second-order valence-electron chi connectivity index (χ2n) is 3.71. The van der Waals surface area contributed by atoms with Crippen LogP contribution in [0.5, 0.6) is 0 Å². The highest BCUT2D eigenvalue weighted by molar-refractivity contribution is 5.16. The van der Waals surface area contributed by atoms with Gasteiger partial charge in [0.2, 0.25) is 0 Å². The first kappa shape index (κ1) is 10.3. The summed E-state index contributed by atoms with van der Waals surface area (Å²) in [6.45, 7) is 8.35. The van der Waals surface area contributed by atoms with E-state index in [1.807, 2.05) is 6.07 Å². The molecule has 1 heteroatoms. The maximum absolute atomic E-state index is 4.06. The van der Waals surface area contributed by atoms with Crippen molar-refractivity contribution in [2.24, 2.45) is 0 Å². The van der Waals surface area contributed by atoms with E-state index in [0.717, 1.165) is 6.42 Å². The molecule has 0 spiro atoms. The van der Waals surface area contributed by atoms with Gasteiger partial charge in [0.15, 0.2) is 0 Å². The lowest BCUT2D eigenvalue weighted by molar-refractivity contribution is 0.518. The van der Waals surface area contributed by atoms with Crippen molar-refractivity contribution >= 4 is 0 Å². The summed E-state index contributed by atoms with van der Waals surface area (Å²) in [6.07, 6.45) is 0.999. The zero-order chi connectivity index (χ0) is 9.68. The molecule has 1 rings (SSSR count). The molecule has 1 nitrogen and oxygen atoms in total. The molecule has 0 aliphatic rings. The molecule has 0 aromatic heterocycles. The first-order valence-electron chi connectivity index (χ1n) is 4.81. The van der Waals surface area contributed by atoms with Crippen LogP contribution < -0.4 is 5.32 Å². The number of hydrogen-bond acceptors (Lipinski definition) is 1. The number of hydrogen-bond donors (Lipinski definition) is 1. The molecule has 0 aliphatic carbocycles. The van der Waals surface area contributed by atoms with Crippen LogP contribution in [0, 0.1) is 6.92 Å². The van der Waals surface area contributed by atoms with Crippen LogP contribution >= 0.6 is 0 Å². The van der Waals surface area contributed by atoms with E-state index in [1.54, 1.807) is 0 Å². The molecule has 1 aromatic rings. The van der Waals surface area contributed by atoms with Gasteiger partial charge in [0.25, 0.3) is 0 Å². The van der Waals surface area contributed by atoms with E-state index in [4.69, 9.17) is 0 Å². The lowest BCUT2D eigenvalue weighted by atomic mass is 10.1. The summed E-state index contributed by atoms with van der Waals surface area (Å²) in [6, 6.07) is 11.3. The molecule has 0 fully saturated rings. The van der Waals surface area contributed by atoms with Crippen LogP contribution in [0.1, 0.15) is 19.4 Å². The van der Waals surface area contributed by atoms with Crippen LogP contribution in [-0.4, -0.2) is 12.1 Å². The van der Waals surface area contributed by atoms with Crippen LogP contribution in [-0.2, 0) is 6.42 Å². The van der Waals surface area contributed by atoms with E-state index < -0.39 is 0 Å². The van der Waals surface area contributed by atoms with Crippen molar-refractivity contribution < 1.29 is 0 Å². The Morgan fingerprint density at radius 2 is 1.85 bits per heavy atom. The summed E-state index contributed by atoms with van der Waals surface area (Å²) in [7, 11) is 0. The molecule has 0 amide bonds. The van der Waals surface area contributed by atoms with Crippen LogP contribution in [0.2, 0.25) is 0 Å². The smallest absolute Gasteiger partial charge is 0.0110 e. The minimum absolute atomic E-state index is 0.308. The molecule has 0 saturated carbocycles. The standard InChI is InChI=1S/C12H18N/c1-10(2)13-11(3)9-12-7-5-4-6-8-12/h4-8,10-11,13H,3,9H2,1-2H3/t11-/m1/s1. The summed E-state index contributed by atoms with van der Waals surface area (Å²) in [4.78, 5) is 0. The highest BCUT2D eigenvalue weighted by Gasteiger charge is 2.03. The molecule has 0 heterocycles. The zero-order valence-electron chi connectivity index (χ0n) is 8.46. The molecular formula is C12H18N. The van der Waals surface area contributed by atoms with Gasteiger partial charge < -0.3 is 5.32 Å². The summed E-state index contributed by atoms with van der Waals surface area (Å²) in [5.74, 6) is 0. The molecule has 1 N–H and O–H groups in total. The van der Waals surface area contributed by atoms with Crippen molar-refractivity contribution in [1.82, 2.24) is 5.32 Å². The molecule has 0 unspecified atom stereocenters. The van der Waals surface area contributed by atoms with Crippen LogP contribution in [0.4, 0.5) is 0 Å². The predicted molar refractivity (Wildman–Crippen MR) is 57.6 cm³/mol. The van der Waals surface area contributed by atoms with Gasteiger partial charge in [-0.1, -0.05) is 44.2 Å². The molecule has 13 heavy (non-hydrogen) atoms. The van der Waals surface area contributed by atoms with Crippen molar-refractivity contribution in [2.45, 2.75) is 32.4 Å². The van der Waals surface area contributed by atoms with Gasteiger partial charge in [0.05, 0.1) is 0 Å². The quantitative estimate of drug-likeness (QED) is 0.743. The SMILES string of the molecule is [CH2][C@H](Cc1ccccc1)NC(C)C. The van der Waals surface area contributed by atoms with Crippen molar-refractivity contribution in [3.8, 4) is 0 Å². The molecule has 1 radical (unpaired) electrons. The maximum Gasteiger partial charge on any atom is 0.0110 e. The van der Waals surface area contributed by atoms with Crippen LogP contribution in [0.25, 0.3) is 0 Å². The molecule has 0 bridgehead atoms. The third kappa shape index (κ3) is 4.09. The Labute approximate surface area is 81.2 Å². The minimum Gasteiger partial charge on any atom is -0.311 e.